The molecule has 1 saturated carbocycles. The van der Waals surface area contributed by atoms with Crippen molar-refractivity contribution in [2.75, 3.05) is 6.54 Å². The number of nitrogens with two attached hydrogens (primary N) is 1. The third kappa shape index (κ3) is 2.31. The fourth-order valence-corrected chi connectivity index (χ4v) is 2.04. The minimum atomic E-state index is 0.857. The van der Waals surface area contributed by atoms with Crippen LogP contribution < -0.4 is 5.73 Å². The third-order valence-corrected chi connectivity index (χ3v) is 2.95. The molecule has 1 fully saturated rings. The molecule has 0 bridgehead atoms. The summed E-state index contributed by atoms with van der Waals surface area (Å²) in [7, 11) is 0. The third-order valence-electron chi connectivity index (χ3n) is 2.95. The molecule has 0 radical (unpaired) electrons. The van der Waals surface area contributed by atoms with Crippen molar-refractivity contribution in [1.29, 1.82) is 0 Å². The van der Waals surface area contributed by atoms with Crippen molar-refractivity contribution < 1.29 is 0 Å². The summed E-state index contributed by atoms with van der Waals surface area (Å²) in [5.41, 5.74) is 7.00. The van der Waals surface area contributed by atoms with Crippen LogP contribution in [0.15, 0.2) is 30.3 Å². The molecule has 1 aromatic carbocycles. The fourth-order valence-electron chi connectivity index (χ4n) is 2.04. The number of hydrogen-bond acceptors (Lipinski definition) is 1. The molecule has 2 atom stereocenters. The van der Waals surface area contributed by atoms with Gasteiger partial charge in [0.05, 0.1) is 0 Å². The Morgan fingerprint density at radius 3 is 2.62 bits per heavy atom. The molecule has 70 valence electrons. The number of hydrogen-bond donors (Lipinski definition) is 1. The van der Waals surface area contributed by atoms with E-state index in [1.54, 1.807) is 0 Å². The molecule has 2 N–H and O–H groups in total. The van der Waals surface area contributed by atoms with Crippen LogP contribution in [0.5, 0.6) is 0 Å². The van der Waals surface area contributed by atoms with E-state index in [-0.39, 0.29) is 0 Å². The van der Waals surface area contributed by atoms with Crippen LogP contribution in [0.3, 0.4) is 0 Å². The topological polar surface area (TPSA) is 26.0 Å². The summed E-state index contributed by atoms with van der Waals surface area (Å²) in [6.45, 7) is 0.857. The van der Waals surface area contributed by atoms with Gasteiger partial charge in [-0.05, 0) is 43.2 Å². The minimum Gasteiger partial charge on any atom is -0.330 e. The second kappa shape index (κ2) is 3.93. The molecule has 0 aromatic heterocycles. The summed E-state index contributed by atoms with van der Waals surface area (Å²) in [4.78, 5) is 0. The highest BCUT2D eigenvalue weighted by Crippen LogP contribution is 2.43. The molecule has 1 aliphatic rings. The molecule has 0 saturated heterocycles. The summed E-state index contributed by atoms with van der Waals surface area (Å²) in [6.07, 6.45) is 3.87. The van der Waals surface area contributed by atoms with Gasteiger partial charge in [-0.1, -0.05) is 30.3 Å². The van der Waals surface area contributed by atoms with E-state index in [4.69, 9.17) is 5.73 Å². The van der Waals surface area contributed by atoms with Crippen LogP contribution in [0.4, 0.5) is 0 Å². The average Bonchev–Trinajstić information content (AvgIpc) is 2.86. The predicted molar refractivity (Wildman–Crippen MR) is 55.4 cm³/mol. The molecule has 1 nitrogen and oxygen atoms in total. The Kier molecular flexibility index (Phi) is 2.65. The van der Waals surface area contributed by atoms with E-state index in [0.29, 0.717) is 0 Å². The van der Waals surface area contributed by atoms with Gasteiger partial charge in [-0.2, -0.15) is 0 Å². The van der Waals surface area contributed by atoms with Crippen LogP contribution in [0.1, 0.15) is 18.4 Å². The molecule has 2 rings (SSSR count). The van der Waals surface area contributed by atoms with Gasteiger partial charge in [0, 0.05) is 0 Å². The van der Waals surface area contributed by atoms with Crippen LogP contribution in [0.25, 0.3) is 0 Å². The van der Waals surface area contributed by atoms with Crippen LogP contribution in [0.2, 0.25) is 0 Å². The molecule has 0 aliphatic heterocycles. The zero-order valence-electron chi connectivity index (χ0n) is 7.95. The highest BCUT2D eigenvalue weighted by Gasteiger charge is 2.35. The Bertz CT molecular complexity index is 255. The maximum atomic E-state index is 5.53. The van der Waals surface area contributed by atoms with E-state index in [2.05, 4.69) is 30.3 Å². The fraction of sp³-hybridized carbons (Fsp3) is 0.500. The minimum absolute atomic E-state index is 0.857. The first kappa shape index (κ1) is 8.76. The Morgan fingerprint density at radius 1 is 1.15 bits per heavy atom. The summed E-state index contributed by atoms with van der Waals surface area (Å²) >= 11 is 0. The van der Waals surface area contributed by atoms with Crippen molar-refractivity contribution in [2.24, 2.45) is 17.6 Å². The van der Waals surface area contributed by atoms with Crippen LogP contribution in [0, 0.1) is 11.8 Å². The molecule has 1 heteroatoms. The first-order chi connectivity index (χ1) is 6.40. The van der Waals surface area contributed by atoms with Gasteiger partial charge in [0.15, 0.2) is 0 Å². The predicted octanol–water partition coefficient (Wildman–Crippen LogP) is 2.21. The lowest BCUT2D eigenvalue weighted by Crippen LogP contribution is -2.00. The Labute approximate surface area is 80.0 Å². The van der Waals surface area contributed by atoms with E-state index in [1.165, 1.54) is 24.8 Å². The lowest BCUT2D eigenvalue weighted by molar-refractivity contribution is 0.650. The van der Waals surface area contributed by atoms with E-state index < -0.39 is 0 Å². The zero-order valence-corrected chi connectivity index (χ0v) is 7.95. The van der Waals surface area contributed by atoms with Gasteiger partial charge in [-0.3, -0.25) is 0 Å². The van der Waals surface area contributed by atoms with Gasteiger partial charge in [0.25, 0.3) is 0 Å². The van der Waals surface area contributed by atoms with Crippen molar-refractivity contribution in [3.05, 3.63) is 35.9 Å². The molecule has 0 unspecified atom stereocenters. The standard InChI is InChI=1S/C12H17N/c13-7-6-11-9-12(11)8-10-4-2-1-3-5-10/h1-5,11-12H,6-9,13H2/t11-,12-/m0/s1. The van der Waals surface area contributed by atoms with E-state index in [0.717, 1.165) is 18.4 Å². The molecule has 1 aromatic rings. The van der Waals surface area contributed by atoms with Crippen LogP contribution >= 0.6 is 0 Å². The van der Waals surface area contributed by atoms with E-state index >= 15 is 0 Å². The Morgan fingerprint density at radius 2 is 1.92 bits per heavy atom. The smallest absolute Gasteiger partial charge is 0.00745 e. The van der Waals surface area contributed by atoms with Crippen molar-refractivity contribution in [3.63, 3.8) is 0 Å². The van der Waals surface area contributed by atoms with Gasteiger partial charge in [0.1, 0.15) is 0 Å². The highest BCUT2D eigenvalue weighted by molar-refractivity contribution is 5.16. The number of rotatable bonds is 4. The monoisotopic (exact) mass is 175 g/mol. The van der Waals surface area contributed by atoms with Crippen molar-refractivity contribution in [3.8, 4) is 0 Å². The van der Waals surface area contributed by atoms with Gasteiger partial charge in [-0.15, -0.1) is 0 Å². The normalized spacial score (nSPS) is 25.9. The first-order valence-corrected chi connectivity index (χ1v) is 5.14. The summed E-state index contributed by atoms with van der Waals surface area (Å²) in [6, 6.07) is 10.8. The molecule has 13 heavy (non-hydrogen) atoms. The van der Waals surface area contributed by atoms with Gasteiger partial charge in [-0.25, -0.2) is 0 Å². The highest BCUT2D eigenvalue weighted by atomic mass is 14.5. The summed E-state index contributed by atoms with van der Waals surface area (Å²) in [5.74, 6) is 1.84. The average molecular weight is 175 g/mol. The van der Waals surface area contributed by atoms with Gasteiger partial charge in [0.2, 0.25) is 0 Å². The van der Waals surface area contributed by atoms with Crippen LogP contribution in [-0.2, 0) is 6.42 Å². The zero-order chi connectivity index (χ0) is 9.10. The van der Waals surface area contributed by atoms with E-state index in [9.17, 15) is 0 Å². The summed E-state index contributed by atoms with van der Waals surface area (Å²) in [5, 5.41) is 0. The maximum Gasteiger partial charge on any atom is -0.00745 e. The maximum absolute atomic E-state index is 5.53. The van der Waals surface area contributed by atoms with Gasteiger partial charge < -0.3 is 5.73 Å². The van der Waals surface area contributed by atoms with E-state index in [1.807, 2.05) is 0 Å². The molecule has 1 aliphatic carbocycles. The second-order valence-electron chi connectivity index (χ2n) is 4.02. The lowest BCUT2D eigenvalue weighted by atomic mass is 10.1. The van der Waals surface area contributed by atoms with Crippen LogP contribution in [-0.4, -0.2) is 6.54 Å². The quantitative estimate of drug-likeness (QED) is 0.746. The van der Waals surface area contributed by atoms with Crippen molar-refractivity contribution >= 4 is 0 Å². The largest absolute Gasteiger partial charge is 0.330 e. The summed E-state index contributed by atoms with van der Waals surface area (Å²) < 4.78 is 0. The molecular formula is C12H17N. The second-order valence-corrected chi connectivity index (χ2v) is 4.02. The molecule has 0 amide bonds. The van der Waals surface area contributed by atoms with Gasteiger partial charge >= 0.3 is 0 Å². The number of benzene rings is 1. The molecule has 0 spiro atoms. The Hall–Kier alpha value is -0.820. The van der Waals surface area contributed by atoms with Crippen molar-refractivity contribution in [2.45, 2.75) is 19.3 Å². The van der Waals surface area contributed by atoms with Crippen molar-refractivity contribution in [1.82, 2.24) is 0 Å². The lowest BCUT2D eigenvalue weighted by Gasteiger charge is -1.99. The SMILES string of the molecule is NCC[C@H]1C[C@@H]1Cc1ccccc1. The Balaban J connectivity index is 1.81. The molecular weight excluding hydrogens is 158 g/mol. The molecule has 0 heterocycles. The first-order valence-electron chi connectivity index (χ1n) is 5.14.